The maximum atomic E-state index is 12.1. The molecule has 0 aromatic heterocycles. The predicted molar refractivity (Wildman–Crippen MR) is 67.0 cm³/mol. The number of amides is 1. The first-order valence-corrected chi connectivity index (χ1v) is 6.19. The highest BCUT2D eigenvalue weighted by molar-refractivity contribution is 7.80. The van der Waals surface area contributed by atoms with Gasteiger partial charge in [0.1, 0.15) is 0 Å². The number of rotatable bonds is 5. The molecular formula is C11H20N2O2S. The molecule has 1 aliphatic rings. The van der Waals surface area contributed by atoms with Gasteiger partial charge in [0.15, 0.2) is 0 Å². The molecule has 1 fully saturated rings. The van der Waals surface area contributed by atoms with Crippen LogP contribution in [0.2, 0.25) is 0 Å². The van der Waals surface area contributed by atoms with Crippen molar-refractivity contribution in [3.05, 3.63) is 0 Å². The summed E-state index contributed by atoms with van der Waals surface area (Å²) >= 11 is 4.93. The zero-order valence-electron chi connectivity index (χ0n) is 9.69. The maximum absolute atomic E-state index is 12.1. The largest absolute Gasteiger partial charge is 0.396 e. The van der Waals surface area contributed by atoms with Gasteiger partial charge in [-0.05, 0) is 12.8 Å². The Hall–Kier alpha value is -0.680. The summed E-state index contributed by atoms with van der Waals surface area (Å²) in [5.74, 6) is -0.0692. The zero-order valence-corrected chi connectivity index (χ0v) is 10.5. The van der Waals surface area contributed by atoms with Crippen LogP contribution in [0.4, 0.5) is 0 Å². The molecule has 0 aromatic carbocycles. The smallest absolute Gasteiger partial charge is 0.232 e. The van der Waals surface area contributed by atoms with Gasteiger partial charge in [0.2, 0.25) is 5.91 Å². The Kier molecular flexibility index (Phi) is 5.15. The molecule has 1 heterocycles. The Balaban J connectivity index is 2.58. The normalized spacial score (nSPS) is 22.1. The lowest BCUT2D eigenvalue weighted by Crippen LogP contribution is -2.40. The van der Waals surface area contributed by atoms with Gasteiger partial charge in [-0.1, -0.05) is 25.6 Å². The fraction of sp³-hybridized carbons (Fsp3) is 0.818. The van der Waals surface area contributed by atoms with Gasteiger partial charge < -0.3 is 15.7 Å². The highest BCUT2D eigenvalue weighted by Gasteiger charge is 2.31. The van der Waals surface area contributed by atoms with Crippen molar-refractivity contribution in [2.75, 3.05) is 19.7 Å². The Morgan fingerprint density at radius 3 is 2.81 bits per heavy atom. The summed E-state index contributed by atoms with van der Waals surface area (Å²) in [6.07, 6.45) is 2.48. The van der Waals surface area contributed by atoms with Crippen molar-refractivity contribution in [3.63, 3.8) is 0 Å². The van der Waals surface area contributed by atoms with E-state index in [2.05, 4.69) is 0 Å². The first kappa shape index (κ1) is 13.4. The molecule has 0 aliphatic carbocycles. The molecule has 0 saturated carbocycles. The number of hydrogen-bond acceptors (Lipinski definition) is 3. The molecule has 1 rings (SSSR count). The van der Waals surface area contributed by atoms with Crippen LogP contribution in [0.3, 0.4) is 0 Å². The third kappa shape index (κ3) is 3.15. The van der Waals surface area contributed by atoms with E-state index in [9.17, 15) is 4.79 Å². The fourth-order valence-electron chi connectivity index (χ4n) is 2.08. The SMILES string of the molecule is CCCC(C(=O)N1CCC(CO)C1)C(N)=S. The van der Waals surface area contributed by atoms with Crippen molar-refractivity contribution in [3.8, 4) is 0 Å². The summed E-state index contributed by atoms with van der Waals surface area (Å²) in [6, 6.07) is 0. The summed E-state index contributed by atoms with van der Waals surface area (Å²) in [6.45, 7) is 3.51. The Morgan fingerprint density at radius 2 is 2.38 bits per heavy atom. The van der Waals surface area contributed by atoms with Gasteiger partial charge >= 0.3 is 0 Å². The average molecular weight is 244 g/mol. The molecule has 5 heteroatoms. The van der Waals surface area contributed by atoms with E-state index >= 15 is 0 Å². The van der Waals surface area contributed by atoms with Crippen LogP contribution in [0.15, 0.2) is 0 Å². The van der Waals surface area contributed by atoms with E-state index in [1.807, 2.05) is 6.92 Å². The van der Waals surface area contributed by atoms with Crippen molar-refractivity contribution < 1.29 is 9.90 Å². The van der Waals surface area contributed by atoms with Gasteiger partial charge in [-0.25, -0.2) is 0 Å². The number of aliphatic hydroxyl groups excluding tert-OH is 1. The summed E-state index contributed by atoms with van der Waals surface area (Å²) in [5.41, 5.74) is 5.59. The standard InChI is InChI=1S/C11H20N2O2S/c1-2-3-9(10(12)16)11(15)13-5-4-8(6-13)7-14/h8-9,14H,2-7H2,1H3,(H2,12,16). The molecule has 92 valence electrons. The molecule has 0 spiro atoms. The summed E-state index contributed by atoms with van der Waals surface area (Å²) < 4.78 is 0. The molecule has 2 atom stereocenters. The second kappa shape index (κ2) is 6.15. The van der Waals surface area contributed by atoms with E-state index in [1.54, 1.807) is 4.90 Å². The average Bonchev–Trinajstić information content (AvgIpc) is 2.73. The van der Waals surface area contributed by atoms with Crippen LogP contribution < -0.4 is 5.73 Å². The summed E-state index contributed by atoms with van der Waals surface area (Å²) in [4.78, 5) is 14.2. The second-order valence-corrected chi connectivity index (χ2v) is 4.84. The van der Waals surface area contributed by atoms with E-state index in [0.29, 0.717) is 24.5 Å². The molecule has 1 saturated heterocycles. The monoisotopic (exact) mass is 244 g/mol. The Bertz CT molecular complexity index is 271. The van der Waals surface area contributed by atoms with Crippen LogP contribution in [0.5, 0.6) is 0 Å². The zero-order chi connectivity index (χ0) is 12.1. The van der Waals surface area contributed by atoms with E-state index in [4.69, 9.17) is 23.1 Å². The fourth-order valence-corrected chi connectivity index (χ4v) is 2.30. The summed E-state index contributed by atoms with van der Waals surface area (Å²) in [5, 5.41) is 9.03. The third-order valence-electron chi connectivity index (χ3n) is 3.07. The minimum Gasteiger partial charge on any atom is -0.396 e. The molecular weight excluding hydrogens is 224 g/mol. The van der Waals surface area contributed by atoms with Crippen LogP contribution >= 0.6 is 12.2 Å². The Labute approximate surface area is 102 Å². The van der Waals surface area contributed by atoms with E-state index in [1.165, 1.54) is 0 Å². The van der Waals surface area contributed by atoms with Crippen molar-refractivity contribution in [2.24, 2.45) is 17.6 Å². The van der Waals surface area contributed by atoms with Crippen molar-refractivity contribution in [1.82, 2.24) is 4.90 Å². The molecule has 1 amide bonds. The number of aliphatic hydroxyl groups is 1. The van der Waals surface area contributed by atoms with Crippen molar-refractivity contribution >= 4 is 23.1 Å². The lowest BCUT2D eigenvalue weighted by molar-refractivity contribution is -0.132. The number of nitrogens with zero attached hydrogens (tertiary/aromatic N) is 1. The molecule has 1 aliphatic heterocycles. The van der Waals surface area contributed by atoms with Gasteiger partial charge in [-0.3, -0.25) is 4.79 Å². The van der Waals surface area contributed by atoms with Crippen molar-refractivity contribution in [1.29, 1.82) is 0 Å². The number of carbonyl (C=O) groups is 1. The summed E-state index contributed by atoms with van der Waals surface area (Å²) in [7, 11) is 0. The van der Waals surface area contributed by atoms with Crippen LogP contribution in [0.25, 0.3) is 0 Å². The lowest BCUT2D eigenvalue weighted by Gasteiger charge is -2.22. The first-order chi connectivity index (χ1) is 7.60. The number of likely N-dealkylation sites (tertiary alicyclic amines) is 1. The van der Waals surface area contributed by atoms with Crippen LogP contribution in [-0.4, -0.2) is 40.6 Å². The Morgan fingerprint density at radius 1 is 1.69 bits per heavy atom. The lowest BCUT2D eigenvalue weighted by atomic mass is 10.0. The molecule has 0 radical (unpaired) electrons. The van der Waals surface area contributed by atoms with Crippen molar-refractivity contribution in [2.45, 2.75) is 26.2 Å². The van der Waals surface area contributed by atoms with E-state index < -0.39 is 0 Å². The quantitative estimate of drug-likeness (QED) is 0.692. The molecule has 0 aromatic rings. The number of carbonyl (C=O) groups excluding carboxylic acids is 1. The molecule has 4 nitrogen and oxygen atoms in total. The second-order valence-electron chi connectivity index (χ2n) is 4.37. The highest BCUT2D eigenvalue weighted by atomic mass is 32.1. The minimum atomic E-state index is -0.322. The molecule has 16 heavy (non-hydrogen) atoms. The molecule has 2 unspecified atom stereocenters. The minimum absolute atomic E-state index is 0.0327. The highest BCUT2D eigenvalue weighted by Crippen LogP contribution is 2.20. The predicted octanol–water partition coefficient (Wildman–Crippen LogP) is 0.530. The number of nitrogens with two attached hydrogens (primary N) is 1. The van der Waals surface area contributed by atoms with Gasteiger partial charge in [0, 0.05) is 25.6 Å². The van der Waals surface area contributed by atoms with Crippen LogP contribution in [-0.2, 0) is 4.79 Å². The van der Waals surface area contributed by atoms with Crippen LogP contribution in [0.1, 0.15) is 26.2 Å². The first-order valence-electron chi connectivity index (χ1n) is 5.79. The van der Waals surface area contributed by atoms with Gasteiger partial charge in [0.05, 0.1) is 10.9 Å². The molecule has 3 N–H and O–H groups in total. The van der Waals surface area contributed by atoms with Crippen LogP contribution in [0, 0.1) is 11.8 Å². The topological polar surface area (TPSA) is 66.6 Å². The molecule has 0 bridgehead atoms. The third-order valence-corrected chi connectivity index (χ3v) is 3.36. The number of hydrogen-bond donors (Lipinski definition) is 2. The van der Waals surface area contributed by atoms with E-state index in [0.717, 1.165) is 12.8 Å². The number of thiocarbonyl (C=S) groups is 1. The maximum Gasteiger partial charge on any atom is 0.232 e. The van der Waals surface area contributed by atoms with Gasteiger partial charge in [-0.15, -0.1) is 0 Å². The van der Waals surface area contributed by atoms with Gasteiger partial charge in [0.25, 0.3) is 0 Å². The van der Waals surface area contributed by atoms with Gasteiger partial charge in [-0.2, -0.15) is 0 Å². The van der Waals surface area contributed by atoms with E-state index in [-0.39, 0.29) is 24.3 Å².